The number of aromatic carboxylic acids is 1. The molecule has 2 N–H and O–H groups in total. The molecule has 0 fully saturated rings. The molecular weight excluding hydrogens is 404 g/mol. The van der Waals surface area contributed by atoms with Crippen LogP contribution in [0.1, 0.15) is 27.0 Å². The Morgan fingerprint density at radius 1 is 1.03 bits per heavy atom. The van der Waals surface area contributed by atoms with Crippen molar-refractivity contribution in [3.63, 3.8) is 0 Å². The van der Waals surface area contributed by atoms with Crippen molar-refractivity contribution in [1.82, 2.24) is 4.83 Å². The predicted molar refractivity (Wildman–Crippen MR) is 113 cm³/mol. The second kappa shape index (κ2) is 9.23. The summed E-state index contributed by atoms with van der Waals surface area (Å²) >= 11 is 0. The van der Waals surface area contributed by atoms with E-state index < -0.39 is 16.0 Å². The quantitative estimate of drug-likeness (QED) is 0.425. The second-order valence-electron chi connectivity index (χ2n) is 6.49. The van der Waals surface area contributed by atoms with Gasteiger partial charge in [0.15, 0.2) is 0 Å². The maximum atomic E-state index is 12.3. The summed E-state index contributed by atoms with van der Waals surface area (Å²) in [6.07, 6.45) is 1.37. The van der Waals surface area contributed by atoms with Crippen LogP contribution in [0.3, 0.4) is 0 Å². The summed E-state index contributed by atoms with van der Waals surface area (Å²) in [4.78, 5) is 13.2. The number of carboxylic acid groups (broad SMARTS) is 1. The van der Waals surface area contributed by atoms with Crippen molar-refractivity contribution >= 4 is 22.2 Å². The Balaban J connectivity index is 1.67. The number of benzene rings is 3. The third-order valence-electron chi connectivity index (χ3n) is 4.22. The lowest BCUT2D eigenvalue weighted by atomic mass is 10.1. The van der Waals surface area contributed by atoms with Gasteiger partial charge >= 0.3 is 5.97 Å². The topological polar surface area (TPSA) is 105 Å². The monoisotopic (exact) mass is 424 g/mol. The van der Waals surface area contributed by atoms with Gasteiger partial charge < -0.3 is 9.84 Å². The molecule has 154 valence electrons. The Kier molecular flexibility index (Phi) is 6.48. The van der Waals surface area contributed by atoms with Crippen molar-refractivity contribution in [3.05, 3.63) is 95.1 Å². The Labute approximate surface area is 174 Å². The van der Waals surface area contributed by atoms with Crippen LogP contribution in [0.2, 0.25) is 0 Å². The number of carbonyl (C=O) groups is 1. The zero-order chi connectivity index (χ0) is 21.6. The fraction of sp³-hybridized carbons (Fsp3) is 0.0909. The largest absolute Gasteiger partial charge is 0.488 e. The number of carboxylic acids is 1. The molecule has 0 unspecified atom stereocenters. The van der Waals surface area contributed by atoms with E-state index in [2.05, 4.69) is 9.93 Å². The van der Waals surface area contributed by atoms with Crippen LogP contribution in [0, 0.1) is 6.92 Å². The van der Waals surface area contributed by atoms with E-state index in [0.717, 1.165) is 11.1 Å². The SMILES string of the molecule is Cc1ccc(S(=O)(=O)N/N=C\c2ccccc2OCc2ccc(C(=O)O)cc2)cc1. The molecule has 0 aliphatic heterocycles. The molecule has 0 aromatic heterocycles. The van der Waals surface area contributed by atoms with Crippen LogP contribution in [0.15, 0.2) is 82.8 Å². The van der Waals surface area contributed by atoms with E-state index in [4.69, 9.17) is 9.84 Å². The van der Waals surface area contributed by atoms with Gasteiger partial charge in [-0.1, -0.05) is 42.0 Å². The van der Waals surface area contributed by atoms with Crippen molar-refractivity contribution < 1.29 is 23.1 Å². The third kappa shape index (κ3) is 5.45. The number of rotatable bonds is 8. The average Bonchev–Trinajstić information content (AvgIpc) is 2.73. The van der Waals surface area contributed by atoms with E-state index in [1.54, 1.807) is 48.5 Å². The minimum absolute atomic E-state index is 0.125. The number of nitrogens with one attached hydrogen (secondary N) is 1. The molecular formula is C22H20N2O5S. The molecule has 0 saturated carbocycles. The van der Waals surface area contributed by atoms with Gasteiger partial charge in [0.2, 0.25) is 0 Å². The summed E-state index contributed by atoms with van der Waals surface area (Å²) in [6, 6.07) is 19.9. The number of hydrogen-bond donors (Lipinski definition) is 2. The zero-order valence-electron chi connectivity index (χ0n) is 16.1. The van der Waals surface area contributed by atoms with Gasteiger partial charge in [-0.05, 0) is 48.9 Å². The van der Waals surface area contributed by atoms with E-state index in [-0.39, 0.29) is 17.1 Å². The predicted octanol–water partition coefficient (Wildman–Crippen LogP) is 3.58. The second-order valence-corrected chi connectivity index (χ2v) is 8.16. The Morgan fingerprint density at radius 3 is 2.37 bits per heavy atom. The summed E-state index contributed by atoms with van der Waals surface area (Å²) < 4.78 is 30.4. The smallest absolute Gasteiger partial charge is 0.335 e. The highest BCUT2D eigenvalue weighted by molar-refractivity contribution is 7.89. The molecule has 30 heavy (non-hydrogen) atoms. The van der Waals surface area contributed by atoms with Crippen molar-refractivity contribution in [3.8, 4) is 5.75 Å². The average molecular weight is 424 g/mol. The first-order valence-corrected chi connectivity index (χ1v) is 10.5. The number of nitrogens with zero attached hydrogens (tertiary/aromatic N) is 1. The molecule has 3 rings (SSSR count). The number of hydrazone groups is 1. The molecule has 0 bridgehead atoms. The van der Waals surface area contributed by atoms with Gasteiger partial charge in [0.05, 0.1) is 16.7 Å². The molecule has 3 aromatic rings. The van der Waals surface area contributed by atoms with Crippen LogP contribution in [0.25, 0.3) is 0 Å². The maximum absolute atomic E-state index is 12.3. The lowest BCUT2D eigenvalue weighted by Gasteiger charge is -2.09. The standard InChI is InChI=1S/C22H20N2O5S/c1-16-6-12-20(13-7-16)30(27,28)24-23-14-19-4-2-3-5-21(19)29-15-17-8-10-18(11-9-17)22(25)26/h2-14,24H,15H2,1H3,(H,25,26)/b23-14-. The van der Waals surface area contributed by atoms with Crippen molar-refractivity contribution in [2.45, 2.75) is 18.4 Å². The lowest BCUT2D eigenvalue weighted by molar-refractivity contribution is 0.0697. The summed E-state index contributed by atoms with van der Waals surface area (Å²) in [6.45, 7) is 2.10. The normalized spacial score (nSPS) is 11.4. The molecule has 0 aliphatic rings. The fourth-order valence-corrected chi connectivity index (χ4v) is 3.35. The van der Waals surface area contributed by atoms with Crippen LogP contribution >= 0.6 is 0 Å². The Hall–Kier alpha value is -3.65. The van der Waals surface area contributed by atoms with Gasteiger partial charge in [0.25, 0.3) is 10.0 Å². The first-order chi connectivity index (χ1) is 14.3. The number of aryl methyl sites for hydroxylation is 1. The fourth-order valence-electron chi connectivity index (χ4n) is 2.56. The van der Waals surface area contributed by atoms with Gasteiger partial charge in [-0.25, -0.2) is 9.63 Å². The van der Waals surface area contributed by atoms with E-state index >= 15 is 0 Å². The van der Waals surface area contributed by atoms with Crippen LogP contribution in [-0.4, -0.2) is 25.7 Å². The van der Waals surface area contributed by atoms with E-state index in [1.807, 2.05) is 6.92 Å². The molecule has 0 saturated heterocycles. The summed E-state index contributed by atoms with van der Waals surface area (Å²) in [5, 5.41) is 12.8. The maximum Gasteiger partial charge on any atom is 0.335 e. The minimum atomic E-state index is -3.76. The molecule has 0 atom stereocenters. The first kappa shape index (κ1) is 21.1. The number of hydrogen-bond acceptors (Lipinski definition) is 5. The van der Waals surface area contributed by atoms with Crippen molar-refractivity contribution in [2.24, 2.45) is 5.10 Å². The highest BCUT2D eigenvalue weighted by Gasteiger charge is 2.12. The third-order valence-corrected chi connectivity index (χ3v) is 5.46. The molecule has 3 aromatic carbocycles. The van der Waals surface area contributed by atoms with Gasteiger partial charge in [-0.2, -0.15) is 13.5 Å². The summed E-state index contributed by atoms with van der Waals surface area (Å²) in [5.74, 6) is -0.477. The molecule has 7 nitrogen and oxygen atoms in total. The van der Waals surface area contributed by atoms with Gasteiger partial charge in [0, 0.05) is 5.56 Å². The van der Waals surface area contributed by atoms with Crippen molar-refractivity contribution in [2.75, 3.05) is 0 Å². The van der Waals surface area contributed by atoms with Gasteiger partial charge in [-0.3, -0.25) is 0 Å². The molecule has 0 heterocycles. The Bertz CT molecular complexity index is 1150. The lowest BCUT2D eigenvalue weighted by Crippen LogP contribution is -2.18. The number of ether oxygens (including phenoxy) is 1. The van der Waals surface area contributed by atoms with E-state index in [9.17, 15) is 13.2 Å². The minimum Gasteiger partial charge on any atom is -0.488 e. The van der Waals surface area contributed by atoms with Gasteiger partial charge in [0.1, 0.15) is 12.4 Å². The zero-order valence-corrected chi connectivity index (χ0v) is 17.0. The van der Waals surface area contributed by atoms with Crippen LogP contribution in [0.5, 0.6) is 5.75 Å². The van der Waals surface area contributed by atoms with Crippen LogP contribution in [0.4, 0.5) is 0 Å². The van der Waals surface area contributed by atoms with Crippen LogP contribution in [-0.2, 0) is 16.6 Å². The van der Waals surface area contributed by atoms with Crippen LogP contribution < -0.4 is 9.57 Å². The highest BCUT2D eigenvalue weighted by atomic mass is 32.2. The van der Waals surface area contributed by atoms with Crippen molar-refractivity contribution in [1.29, 1.82) is 0 Å². The highest BCUT2D eigenvalue weighted by Crippen LogP contribution is 2.18. The molecule has 0 amide bonds. The molecule has 8 heteroatoms. The first-order valence-electron chi connectivity index (χ1n) is 9.01. The number of sulfonamides is 1. The summed E-state index contributed by atoms with van der Waals surface area (Å²) in [7, 11) is -3.76. The molecule has 0 radical (unpaired) electrons. The molecule has 0 aliphatic carbocycles. The van der Waals surface area contributed by atoms with Gasteiger partial charge in [-0.15, -0.1) is 0 Å². The molecule has 0 spiro atoms. The summed E-state index contributed by atoms with van der Waals surface area (Å²) in [5.41, 5.74) is 2.55. The Morgan fingerprint density at radius 2 is 1.70 bits per heavy atom. The van der Waals surface area contributed by atoms with E-state index in [0.29, 0.717) is 11.3 Å². The van der Waals surface area contributed by atoms with E-state index in [1.165, 1.54) is 30.5 Å². The number of para-hydroxylation sites is 1.